The Balaban J connectivity index is 1.12. The number of nitrogens with one attached hydrogen (secondary N) is 3. The normalized spacial score (nSPS) is 12.7. The number of hydrogen-bond donors (Lipinski definition) is 3. The molecule has 48 heavy (non-hydrogen) atoms. The van der Waals surface area contributed by atoms with Crippen LogP contribution in [-0.4, -0.2) is 34.5 Å². The van der Waals surface area contributed by atoms with Gasteiger partial charge in [-0.15, -0.1) is 11.8 Å². The largest absolute Gasteiger partial charge is 0.324 e. The van der Waals surface area contributed by atoms with Crippen LogP contribution in [0.2, 0.25) is 0 Å². The fourth-order valence-corrected chi connectivity index (χ4v) is 6.08. The number of hydrogen-bond acceptors (Lipinski definition) is 6. The number of carbonyl (C=O) groups excluding carboxylic acids is 5. The molecule has 9 heteroatoms. The second kappa shape index (κ2) is 14.1. The van der Waals surface area contributed by atoms with Crippen molar-refractivity contribution in [3.63, 3.8) is 0 Å². The molecule has 0 spiro atoms. The molecule has 5 aromatic carbocycles. The van der Waals surface area contributed by atoms with Crippen molar-refractivity contribution < 1.29 is 24.0 Å². The van der Waals surface area contributed by atoms with Crippen LogP contribution >= 0.6 is 11.8 Å². The molecule has 8 nitrogen and oxygen atoms in total. The van der Waals surface area contributed by atoms with Crippen LogP contribution in [0.3, 0.4) is 0 Å². The molecule has 0 saturated heterocycles. The van der Waals surface area contributed by atoms with E-state index in [0.29, 0.717) is 22.4 Å². The van der Waals surface area contributed by atoms with Crippen LogP contribution in [0.1, 0.15) is 54.7 Å². The Bertz CT molecular complexity index is 2080. The molecule has 0 heterocycles. The Kier molecular flexibility index (Phi) is 9.40. The van der Waals surface area contributed by atoms with Gasteiger partial charge < -0.3 is 16.0 Å². The first kappa shape index (κ1) is 31.9. The molecule has 1 unspecified atom stereocenters. The van der Waals surface area contributed by atoms with Crippen molar-refractivity contribution in [3.8, 4) is 0 Å². The van der Waals surface area contributed by atoms with Crippen molar-refractivity contribution in [2.24, 2.45) is 0 Å². The van der Waals surface area contributed by atoms with Gasteiger partial charge in [-0.1, -0.05) is 84.9 Å². The Labute approximate surface area is 281 Å². The number of amides is 3. The SMILES string of the molecule is CC(Sc1ccc(NC(=O)/C(=C/c2ccccc2)NC(=O)c2ccccc2)cc1)C(=O)Nc1cccc2c1C(=O)c1ccccc1C2=O. The zero-order valence-corrected chi connectivity index (χ0v) is 26.5. The molecule has 0 saturated carbocycles. The molecule has 6 rings (SSSR count). The van der Waals surface area contributed by atoms with E-state index in [9.17, 15) is 24.0 Å². The maximum absolute atomic E-state index is 13.3. The average molecular weight is 652 g/mol. The van der Waals surface area contributed by atoms with Gasteiger partial charge in [-0.3, -0.25) is 24.0 Å². The number of thioether (sulfide) groups is 1. The summed E-state index contributed by atoms with van der Waals surface area (Å²) in [6.45, 7) is 1.74. The lowest BCUT2D eigenvalue weighted by atomic mass is 9.83. The zero-order valence-electron chi connectivity index (χ0n) is 25.7. The van der Waals surface area contributed by atoms with E-state index in [1.165, 1.54) is 11.8 Å². The highest BCUT2D eigenvalue weighted by molar-refractivity contribution is 8.00. The molecular weight excluding hydrogens is 623 g/mol. The molecule has 3 amide bonds. The lowest BCUT2D eigenvalue weighted by Crippen LogP contribution is -2.30. The molecule has 1 aliphatic rings. The average Bonchev–Trinajstić information content (AvgIpc) is 3.11. The molecule has 0 aliphatic heterocycles. The fourth-order valence-electron chi connectivity index (χ4n) is 5.21. The maximum Gasteiger partial charge on any atom is 0.272 e. The van der Waals surface area contributed by atoms with Gasteiger partial charge in [-0.25, -0.2) is 0 Å². The van der Waals surface area contributed by atoms with Crippen molar-refractivity contribution in [2.45, 2.75) is 17.1 Å². The highest BCUT2D eigenvalue weighted by Gasteiger charge is 2.32. The summed E-state index contributed by atoms with van der Waals surface area (Å²) < 4.78 is 0. The van der Waals surface area contributed by atoms with Gasteiger partial charge in [0.1, 0.15) is 5.70 Å². The first-order chi connectivity index (χ1) is 23.3. The molecular formula is C39H29N3O5S. The van der Waals surface area contributed by atoms with Crippen LogP contribution in [0.15, 0.2) is 138 Å². The van der Waals surface area contributed by atoms with Gasteiger partial charge in [0.25, 0.3) is 11.8 Å². The van der Waals surface area contributed by atoms with E-state index in [1.807, 2.05) is 30.3 Å². The third-order valence-electron chi connectivity index (χ3n) is 7.64. The second-order valence-corrected chi connectivity index (χ2v) is 12.4. The Morgan fingerprint density at radius 1 is 0.646 bits per heavy atom. The molecule has 1 aliphatic carbocycles. The van der Waals surface area contributed by atoms with Crippen LogP contribution in [0.4, 0.5) is 11.4 Å². The Hall–Kier alpha value is -6.06. The first-order valence-corrected chi connectivity index (χ1v) is 16.0. The maximum atomic E-state index is 13.3. The minimum absolute atomic E-state index is 0.0746. The van der Waals surface area contributed by atoms with Crippen molar-refractivity contribution >= 4 is 58.5 Å². The highest BCUT2D eigenvalue weighted by Crippen LogP contribution is 2.33. The highest BCUT2D eigenvalue weighted by atomic mass is 32.2. The number of benzene rings is 5. The minimum atomic E-state index is -0.559. The molecule has 0 aromatic heterocycles. The van der Waals surface area contributed by atoms with Gasteiger partial charge in [0.05, 0.1) is 16.5 Å². The van der Waals surface area contributed by atoms with Crippen LogP contribution < -0.4 is 16.0 Å². The summed E-state index contributed by atoms with van der Waals surface area (Å²) >= 11 is 1.29. The summed E-state index contributed by atoms with van der Waals surface area (Å²) in [5, 5.41) is 7.83. The summed E-state index contributed by atoms with van der Waals surface area (Å²) in [5.74, 6) is -1.82. The van der Waals surface area contributed by atoms with E-state index in [4.69, 9.17) is 0 Å². The van der Waals surface area contributed by atoms with Gasteiger partial charge in [0, 0.05) is 32.8 Å². The molecule has 3 N–H and O–H groups in total. The number of fused-ring (bicyclic) bond motifs is 2. The van der Waals surface area contributed by atoms with Gasteiger partial charge >= 0.3 is 0 Å². The molecule has 0 bridgehead atoms. The Morgan fingerprint density at radius 3 is 1.94 bits per heavy atom. The summed E-state index contributed by atoms with van der Waals surface area (Å²) in [6.07, 6.45) is 1.60. The predicted octanol–water partition coefficient (Wildman–Crippen LogP) is 6.99. The van der Waals surface area contributed by atoms with Crippen molar-refractivity contribution in [1.82, 2.24) is 5.32 Å². The smallest absolute Gasteiger partial charge is 0.272 e. The van der Waals surface area contributed by atoms with Crippen molar-refractivity contribution in [3.05, 3.63) is 166 Å². The van der Waals surface area contributed by atoms with Gasteiger partial charge in [-0.05, 0) is 61.0 Å². The Morgan fingerprint density at radius 2 is 1.25 bits per heavy atom. The first-order valence-electron chi connectivity index (χ1n) is 15.1. The van der Waals surface area contributed by atoms with Gasteiger partial charge in [0.15, 0.2) is 11.6 Å². The third kappa shape index (κ3) is 7.01. The van der Waals surface area contributed by atoms with Crippen molar-refractivity contribution in [1.29, 1.82) is 0 Å². The van der Waals surface area contributed by atoms with E-state index < -0.39 is 17.1 Å². The topological polar surface area (TPSA) is 121 Å². The lowest BCUT2D eigenvalue weighted by molar-refractivity contribution is -0.115. The molecule has 0 fully saturated rings. The van der Waals surface area contributed by atoms with E-state index in [0.717, 1.165) is 10.5 Å². The third-order valence-corrected chi connectivity index (χ3v) is 8.76. The van der Waals surface area contributed by atoms with Crippen molar-refractivity contribution in [2.75, 3.05) is 10.6 Å². The van der Waals surface area contributed by atoms with Crippen LogP contribution in [0, 0.1) is 0 Å². The van der Waals surface area contributed by atoms with Crippen LogP contribution in [0.5, 0.6) is 0 Å². The standard InChI is InChI=1S/C39H29N3O5S/c1-24(37(45)41-32-18-10-17-31-34(32)36(44)30-16-9-8-15-29(30)35(31)43)48-28-21-19-27(20-22-28)40-39(47)33(23-25-11-4-2-5-12-25)42-38(46)26-13-6-3-7-14-26/h2-24H,1H3,(H,40,47)(H,41,45)(H,42,46)/b33-23-. The summed E-state index contributed by atoms with van der Waals surface area (Å²) in [5.41, 5.74) is 3.13. The number of ketones is 2. The van der Waals surface area contributed by atoms with E-state index in [1.54, 1.807) is 110 Å². The molecule has 0 radical (unpaired) electrons. The fraction of sp³-hybridized carbons (Fsp3) is 0.0513. The summed E-state index contributed by atoms with van der Waals surface area (Å²) in [7, 11) is 0. The lowest BCUT2D eigenvalue weighted by Gasteiger charge is -2.21. The van der Waals surface area contributed by atoms with Crippen LogP contribution in [-0.2, 0) is 9.59 Å². The molecule has 5 aromatic rings. The van der Waals surface area contributed by atoms with Gasteiger partial charge in [-0.2, -0.15) is 0 Å². The number of anilines is 2. The quantitative estimate of drug-likeness (QED) is 0.114. The molecule has 236 valence electrons. The zero-order chi connectivity index (χ0) is 33.6. The number of rotatable bonds is 9. The number of carbonyl (C=O) groups is 5. The van der Waals surface area contributed by atoms with Gasteiger partial charge in [0.2, 0.25) is 5.91 Å². The predicted molar refractivity (Wildman–Crippen MR) is 187 cm³/mol. The summed E-state index contributed by atoms with van der Waals surface area (Å²) in [4.78, 5) is 66.6. The van der Waals surface area contributed by atoms with E-state index in [2.05, 4.69) is 16.0 Å². The van der Waals surface area contributed by atoms with E-state index >= 15 is 0 Å². The molecule has 1 atom stereocenters. The van der Waals surface area contributed by atoms with Crippen LogP contribution in [0.25, 0.3) is 6.08 Å². The summed E-state index contributed by atoms with van der Waals surface area (Å²) in [6, 6.07) is 36.3. The monoisotopic (exact) mass is 651 g/mol. The second-order valence-electron chi connectivity index (χ2n) is 10.9. The minimum Gasteiger partial charge on any atom is -0.324 e. The van der Waals surface area contributed by atoms with E-state index in [-0.39, 0.29) is 40.0 Å².